The number of aliphatic hydroxyl groups is 1. The highest BCUT2D eigenvalue weighted by molar-refractivity contribution is 7.46. The van der Waals surface area contributed by atoms with E-state index in [1.165, 1.54) is 17.2 Å². The molecule has 3 aromatic rings. The van der Waals surface area contributed by atoms with Crippen molar-refractivity contribution in [3.8, 4) is 5.75 Å². The molecule has 0 aliphatic heterocycles. The number of nitrogens with zero attached hydrogens (tertiary/aromatic N) is 1. The molecule has 0 bridgehead atoms. The average Bonchev–Trinajstić information content (AvgIpc) is 2.99. The lowest BCUT2D eigenvalue weighted by Crippen LogP contribution is -2.31. The van der Waals surface area contributed by atoms with Gasteiger partial charge in [-0.2, -0.15) is 13.2 Å². The van der Waals surface area contributed by atoms with Crippen LogP contribution in [0.15, 0.2) is 90.5 Å². The lowest BCUT2D eigenvalue weighted by Gasteiger charge is -2.30. The topological polar surface area (TPSA) is 32.7 Å². The summed E-state index contributed by atoms with van der Waals surface area (Å²) in [5.74, 6) is 0.880. The predicted molar refractivity (Wildman–Crippen MR) is 163 cm³/mol. The van der Waals surface area contributed by atoms with Gasteiger partial charge in [0.05, 0.1) is 18.8 Å². The number of halogens is 3. The second-order valence-corrected chi connectivity index (χ2v) is 11.4. The van der Waals surface area contributed by atoms with E-state index in [9.17, 15) is 18.3 Å². The molecule has 0 saturated carbocycles. The van der Waals surface area contributed by atoms with E-state index in [1.54, 1.807) is 13.0 Å². The van der Waals surface area contributed by atoms with E-state index in [2.05, 4.69) is 41.9 Å². The van der Waals surface area contributed by atoms with Crippen LogP contribution < -0.4 is 10.0 Å². The molecule has 1 aliphatic rings. The van der Waals surface area contributed by atoms with E-state index in [1.807, 2.05) is 36.4 Å². The third-order valence-corrected chi connectivity index (χ3v) is 8.63. The largest absolute Gasteiger partial charge is 0.494 e. The third-order valence-electron chi connectivity index (χ3n) is 7.62. The molecule has 0 fully saturated rings. The summed E-state index contributed by atoms with van der Waals surface area (Å²) < 4.78 is 47.1. The second kappa shape index (κ2) is 14.8. The maximum atomic E-state index is 13.7. The number of alkyl halides is 3. The number of benzene rings is 3. The zero-order chi connectivity index (χ0) is 29.2. The van der Waals surface area contributed by atoms with E-state index in [4.69, 9.17) is 4.74 Å². The fourth-order valence-electron chi connectivity index (χ4n) is 5.37. The van der Waals surface area contributed by atoms with Crippen LogP contribution in [0.5, 0.6) is 5.75 Å². The van der Waals surface area contributed by atoms with Gasteiger partial charge in [0.25, 0.3) is 0 Å². The summed E-state index contributed by atoms with van der Waals surface area (Å²) in [5, 5.41) is 10.6. The number of aliphatic hydroxyl groups excluding tert-OH is 1. The Labute approximate surface area is 243 Å². The Kier molecular flexibility index (Phi) is 11.2. The Morgan fingerprint density at radius 2 is 1.80 bits per heavy atom. The molecule has 1 aliphatic carbocycles. The molecule has 1 N–H and O–H groups in total. The first kappa shape index (κ1) is 31.0. The molecular weight excluding hydrogens is 542 g/mol. The molecule has 7 heteroatoms. The molecule has 2 atom stereocenters. The first-order valence-electron chi connectivity index (χ1n) is 14.1. The number of allylic oxidation sites excluding steroid dienone is 3. The van der Waals surface area contributed by atoms with Crippen molar-refractivity contribution >= 4 is 13.9 Å². The van der Waals surface area contributed by atoms with Crippen LogP contribution in [0.4, 0.5) is 13.2 Å². The van der Waals surface area contributed by atoms with Crippen molar-refractivity contribution in [1.82, 2.24) is 4.90 Å². The molecule has 0 amide bonds. The van der Waals surface area contributed by atoms with Crippen LogP contribution in [0, 0.1) is 6.92 Å². The highest BCUT2D eigenvalue weighted by Gasteiger charge is 2.33. The van der Waals surface area contributed by atoms with Gasteiger partial charge in [-0.3, -0.25) is 4.90 Å². The van der Waals surface area contributed by atoms with Crippen LogP contribution in [0.2, 0.25) is 0 Å². The molecule has 4 rings (SSSR count). The van der Waals surface area contributed by atoms with Crippen molar-refractivity contribution in [1.29, 1.82) is 0 Å². The van der Waals surface area contributed by atoms with Crippen molar-refractivity contribution in [3.05, 3.63) is 118 Å². The van der Waals surface area contributed by atoms with E-state index >= 15 is 0 Å². The van der Waals surface area contributed by atoms with Crippen molar-refractivity contribution in [2.45, 2.75) is 51.4 Å². The number of hydrogen-bond donors (Lipinski definition) is 1. The molecule has 0 radical (unpaired) electrons. The second-order valence-electron chi connectivity index (χ2n) is 10.4. The van der Waals surface area contributed by atoms with Crippen molar-refractivity contribution in [2.24, 2.45) is 0 Å². The zero-order valence-electron chi connectivity index (χ0n) is 23.8. The fourth-order valence-corrected chi connectivity index (χ4v) is 6.14. The molecule has 0 heterocycles. The van der Waals surface area contributed by atoms with Crippen LogP contribution in [0.25, 0.3) is 0 Å². The zero-order valence-corrected chi connectivity index (χ0v) is 24.8. The summed E-state index contributed by atoms with van der Waals surface area (Å²) in [6.07, 6.45) is 5.04. The van der Waals surface area contributed by atoms with Gasteiger partial charge in [-0.1, -0.05) is 75.3 Å². The molecule has 3 aromatic carbocycles. The Morgan fingerprint density at radius 3 is 2.49 bits per heavy atom. The monoisotopic (exact) mass is 581 g/mol. The predicted octanol–water partition coefficient (Wildman–Crippen LogP) is 7.77. The quantitative estimate of drug-likeness (QED) is 0.165. The van der Waals surface area contributed by atoms with Crippen molar-refractivity contribution in [2.75, 3.05) is 26.4 Å². The van der Waals surface area contributed by atoms with E-state index in [0.29, 0.717) is 40.4 Å². The minimum absolute atomic E-state index is 0.00851. The van der Waals surface area contributed by atoms with Crippen LogP contribution in [-0.2, 0) is 19.3 Å². The maximum absolute atomic E-state index is 13.7. The van der Waals surface area contributed by atoms with E-state index < -0.39 is 11.7 Å². The molecule has 41 heavy (non-hydrogen) atoms. The highest BCUT2D eigenvalue weighted by atomic mass is 31.1. The third kappa shape index (κ3) is 8.54. The van der Waals surface area contributed by atoms with Gasteiger partial charge in [-0.15, -0.1) is 0 Å². The number of ether oxygens (including phenoxy) is 1. The van der Waals surface area contributed by atoms with Gasteiger partial charge >= 0.3 is 6.18 Å². The van der Waals surface area contributed by atoms with Crippen LogP contribution in [0.1, 0.15) is 53.0 Å². The summed E-state index contributed by atoms with van der Waals surface area (Å²) >= 11 is 0. The Bertz CT molecular complexity index is 1340. The standard InChI is InChI=1S/C34H39F3NO2P/c1-25-28(15-9-16-32(25)34(35,36)37)22-38(19-10-20-40-30-18-17-29(24-39)33(21-30)41-2)23-31(26-11-5-3-6-12-26)27-13-7-4-8-14-27/h3,5-7,9,11-18,21,31,39,41H,4,8,10,19-20,22-24H2,1-2H3. The van der Waals surface area contributed by atoms with Gasteiger partial charge in [0, 0.05) is 25.6 Å². The van der Waals surface area contributed by atoms with Gasteiger partial charge in [0.15, 0.2) is 0 Å². The van der Waals surface area contributed by atoms with E-state index in [-0.39, 0.29) is 18.1 Å². The first-order valence-corrected chi connectivity index (χ1v) is 15.6. The first-order chi connectivity index (χ1) is 19.8. The molecule has 218 valence electrons. The molecule has 2 unspecified atom stereocenters. The Hall–Kier alpha value is -2.92. The molecule has 0 spiro atoms. The van der Waals surface area contributed by atoms with Gasteiger partial charge in [-0.25, -0.2) is 0 Å². The van der Waals surface area contributed by atoms with Gasteiger partial charge in [-0.05, 0) is 84.2 Å². The molecular formula is C34H39F3NO2P. The van der Waals surface area contributed by atoms with Gasteiger partial charge in [0.2, 0.25) is 0 Å². The van der Waals surface area contributed by atoms with Crippen LogP contribution in [-0.4, -0.2) is 36.4 Å². The summed E-state index contributed by atoms with van der Waals surface area (Å²) in [6, 6.07) is 20.6. The normalized spacial score (nSPS) is 14.6. The summed E-state index contributed by atoms with van der Waals surface area (Å²) in [4.78, 5) is 2.26. The lowest BCUT2D eigenvalue weighted by molar-refractivity contribution is -0.138. The molecule has 0 aromatic heterocycles. The van der Waals surface area contributed by atoms with Gasteiger partial charge in [0.1, 0.15) is 5.75 Å². The fraction of sp³-hybridized carbons (Fsp3) is 0.353. The Morgan fingerprint density at radius 1 is 1.00 bits per heavy atom. The minimum Gasteiger partial charge on any atom is -0.494 e. The summed E-state index contributed by atoms with van der Waals surface area (Å²) in [7, 11) is 0.556. The van der Waals surface area contributed by atoms with Crippen LogP contribution in [0.3, 0.4) is 0 Å². The minimum atomic E-state index is -4.38. The Balaban J connectivity index is 1.54. The molecule has 3 nitrogen and oxygen atoms in total. The smallest absolute Gasteiger partial charge is 0.416 e. The lowest BCUT2D eigenvalue weighted by atomic mass is 9.87. The average molecular weight is 582 g/mol. The van der Waals surface area contributed by atoms with Crippen molar-refractivity contribution < 1.29 is 23.0 Å². The van der Waals surface area contributed by atoms with E-state index in [0.717, 1.165) is 41.9 Å². The molecule has 0 saturated heterocycles. The number of hydrogen-bond acceptors (Lipinski definition) is 3. The summed E-state index contributed by atoms with van der Waals surface area (Å²) in [6.45, 7) is 5.92. The van der Waals surface area contributed by atoms with Crippen LogP contribution >= 0.6 is 8.58 Å². The summed E-state index contributed by atoms with van der Waals surface area (Å²) in [5.41, 5.74) is 3.76. The number of rotatable bonds is 13. The highest BCUT2D eigenvalue weighted by Crippen LogP contribution is 2.34. The van der Waals surface area contributed by atoms with Crippen molar-refractivity contribution in [3.63, 3.8) is 0 Å². The van der Waals surface area contributed by atoms with Gasteiger partial charge < -0.3 is 9.84 Å². The maximum Gasteiger partial charge on any atom is 0.416 e. The SMILES string of the molecule is CPc1cc(OCCCN(Cc2cccc(C(F)(F)F)c2C)CC(C2=CCCC=C2)c2ccccc2)ccc1CO.